The number of benzene rings is 1. The first-order valence-electron chi connectivity index (χ1n) is 11.6. The van der Waals surface area contributed by atoms with E-state index in [1.807, 2.05) is 37.3 Å². The minimum absolute atomic E-state index is 0.268. The summed E-state index contributed by atoms with van der Waals surface area (Å²) in [6.07, 6.45) is 1.22. The van der Waals surface area contributed by atoms with Gasteiger partial charge in [-0.05, 0) is 69.9 Å². The molecule has 1 aromatic heterocycles. The van der Waals surface area contributed by atoms with Crippen LogP contribution in [0.3, 0.4) is 0 Å². The van der Waals surface area contributed by atoms with Crippen molar-refractivity contribution >= 4 is 17.9 Å². The van der Waals surface area contributed by atoms with E-state index in [0.29, 0.717) is 13.0 Å². The van der Waals surface area contributed by atoms with E-state index in [0.717, 1.165) is 41.2 Å². The van der Waals surface area contributed by atoms with E-state index < -0.39 is 29.2 Å². The molecule has 0 radical (unpaired) electrons. The molecule has 1 fully saturated rings. The summed E-state index contributed by atoms with van der Waals surface area (Å²) >= 11 is 0. The molecule has 1 aromatic carbocycles. The molecule has 2 aliphatic heterocycles. The number of ether oxygens (including phenoxy) is 2. The van der Waals surface area contributed by atoms with Gasteiger partial charge >= 0.3 is 12.1 Å². The van der Waals surface area contributed by atoms with Crippen LogP contribution in [0.2, 0.25) is 0 Å². The Hall–Kier alpha value is -3.29. The van der Waals surface area contributed by atoms with Gasteiger partial charge in [0.15, 0.2) is 0 Å². The minimum atomic E-state index is -1.02. The summed E-state index contributed by atoms with van der Waals surface area (Å²) in [6, 6.07) is 11.0. The van der Waals surface area contributed by atoms with Crippen molar-refractivity contribution in [2.24, 2.45) is 0 Å². The lowest BCUT2D eigenvalue weighted by Gasteiger charge is -2.46. The van der Waals surface area contributed by atoms with Crippen LogP contribution < -0.4 is 9.64 Å². The topological polar surface area (TPSA) is 92.2 Å². The van der Waals surface area contributed by atoms with Crippen LogP contribution in [0.25, 0.3) is 0 Å². The van der Waals surface area contributed by atoms with E-state index in [1.54, 1.807) is 27.9 Å². The molecule has 0 bridgehead atoms. The average Bonchev–Trinajstić information content (AvgIpc) is 3.16. The van der Waals surface area contributed by atoms with E-state index in [-0.39, 0.29) is 6.54 Å². The number of aryl methyl sites for hydroxylation is 2. The quantitative estimate of drug-likeness (QED) is 0.721. The highest BCUT2D eigenvalue weighted by Crippen LogP contribution is 2.45. The van der Waals surface area contributed by atoms with Crippen molar-refractivity contribution in [1.82, 2.24) is 9.88 Å². The highest BCUT2D eigenvalue weighted by Gasteiger charge is 2.54. The van der Waals surface area contributed by atoms with Gasteiger partial charge in [0.1, 0.15) is 23.2 Å². The number of hydrogen-bond acceptors (Lipinski definition) is 6. The SMILES string of the molecule is COc1ccc(CN2c3nc(C)ccc3CCC23CC(C(=O)O)N(C(=O)OC(C)(C)C)C3)cc1. The number of likely N-dealkylation sites (tertiary alicyclic amines) is 1. The number of fused-ring (bicyclic) bond motifs is 1. The van der Waals surface area contributed by atoms with Gasteiger partial charge in [-0.25, -0.2) is 14.6 Å². The average molecular weight is 468 g/mol. The Morgan fingerprint density at radius 2 is 1.88 bits per heavy atom. The highest BCUT2D eigenvalue weighted by atomic mass is 16.6. The molecule has 0 saturated carbocycles. The van der Waals surface area contributed by atoms with Crippen molar-refractivity contribution in [1.29, 1.82) is 0 Å². The van der Waals surface area contributed by atoms with Crippen LogP contribution >= 0.6 is 0 Å². The zero-order chi connectivity index (χ0) is 24.7. The molecule has 182 valence electrons. The third-order valence-electron chi connectivity index (χ3n) is 6.61. The van der Waals surface area contributed by atoms with Crippen molar-refractivity contribution in [3.63, 3.8) is 0 Å². The van der Waals surface area contributed by atoms with Gasteiger partial charge < -0.3 is 19.5 Å². The van der Waals surface area contributed by atoms with Crippen LogP contribution in [0.15, 0.2) is 36.4 Å². The molecule has 4 rings (SSSR count). The van der Waals surface area contributed by atoms with Crippen LogP contribution in [0.4, 0.5) is 10.6 Å². The number of anilines is 1. The summed E-state index contributed by atoms with van der Waals surface area (Å²) in [6.45, 7) is 8.12. The normalized spacial score (nSPS) is 22.0. The molecule has 1 saturated heterocycles. The Morgan fingerprint density at radius 1 is 1.18 bits per heavy atom. The molecule has 1 amide bonds. The standard InChI is InChI=1S/C26H33N3O5/c1-17-6-9-19-12-13-26(14-21(23(30)31)28(16-26)24(32)34-25(2,3)4)29(22(19)27-17)15-18-7-10-20(33-5)11-8-18/h6-11,21H,12-16H2,1-5H3,(H,30,31). The molecule has 2 aromatic rings. The Morgan fingerprint density at radius 3 is 2.50 bits per heavy atom. The van der Waals surface area contributed by atoms with Crippen molar-refractivity contribution in [2.45, 2.75) is 70.7 Å². The van der Waals surface area contributed by atoms with Gasteiger partial charge in [0, 0.05) is 25.2 Å². The second-order valence-corrected chi connectivity index (χ2v) is 10.3. The lowest BCUT2D eigenvalue weighted by atomic mass is 9.82. The number of hydrogen-bond donors (Lipinski definition) is 1. The number of methoxy groups -OCH3 is 1. The Labute approximate surface area is 200 Å². The summed E-state index contributed by atoms with van der Waals surface area (Å²) in [5.74, 6) is 0.613. The fourth-order valence-corrected chi connectivity index (χ4v) is 4.96. The number of aromatic nitrogens is 1. The molecule has 3 heterocycles. The Balaban J connectivity index is 1.74. The van der Waals surface area contributed by atoms with Gasteiger partial charge in [0.25, 0.3) is 0 Å². The third kappa shape index (κ3) is 4.67. The fraction of sp³-hybridized carbons (Fsp3) is 0.500. The van der Waals surface area contributed by atoms with Crippen LogP contribution in [-0.2, 0) is 22.5 Å². The lowest BCUT2D eigenvalue weighted by molar-refractivity contribution is -0.142. The number of carboxylic acid groups (broad SMARTS) is 1. The maximum Gasteiger partial charge on any atom is 0.411 e. The van der Waals surface area contributed by atoms with Crippen LogP contribution in [0.5, 0.6) is 5.75 Å². The third-order valence-corrected chi connectivity index (χ3v) is 6.61. The minimum Gasteiger partial charge on any atom is -0.497 e. The maximum absolute atomic E-state index is 13.0. The number of carbonyl (C=O) groups excluding carboxylic acids is 1. The van der Waals surface area contributed by atoms with Gasteiger partial charge in [0.2, 0.25) is 0 Å². The zero-order valence-electron chi connectivity index (χ0n) is 20.5. The maximum atomic E-state index is 13.0. The molecule has 2 unspecified atom stereocenters. The number of aliphatic carboxylic acids is 1. The van der Waals surface area contributed by atoms with Crippen molar-refractivity contribution in [3.05, 3.63) is 53.2 Å². The van der Waals surface area contributed by atoms with E-state index in [1.165, 1.54) is 4.90 Å². The molecule has 8 heteroatoms. The van der Waals surface area contributed by atoms with E-state index in [9.17, 15) is 14.7 Å². The highest BCUT2D eigenvalue weighted by molar-refractivity contribution is 5.82. The van der Waals surface area contributed by atoms with E-state index in [2.05, 4.69) is 11.0 Å². The number of pyridine rings is 1. The molecular weight excluding hydrogens is 434 g/mol. The zero-order valence-corrected chi connectivity index (χ0v) is 20.5. The predicted octanol–water partition coefficient (Wildman–Crippen LogP) is 4.18. The first-order chi connectivity index (χ1) is 16.0. The second-order valence-electron chi connectivity index (χ2n) is 10.3. The van der Waals surface area contributed by atoms with Crippen molar-refractivity contribution < 1.29 is 24.2 Å². The lowest BCUT2D eigenvalue weighted by Crippen LogP contribution is -2.54. The fourth-order valence-electron chi connectivity index (χ4n) is 4.96. The van der Waals surface area contributed by atoms with Gasteiger partial charge in [-0.1, -0.05) is 18.2 Å². The molecule has 8 nitrogen and oxygen atoms in total. The molecule has 34 heavy (non-hydrogen) atoms. The first kappa shape index (κ1) is 23.9. The summed E-state index contributed by atoms with van der Waals surface area (Å²) in [5.41, 5.74) is 1.81. The molecule has 2 atom stereocenters. The summed E-state index contributed by atoms with van der Waals surface area (Å²) in [4.78, 5) is 33.7. The number of carbonyl (C=O) groups is 2. The van der Waals surface area contributed by atoms with Crippen molar-refractivity contribution in [2.75, 3.05) is 18.6 Å². The van der Waals surface area contributed by atoms with Crippen molar-refractivity contribution in [3.8, 4) is 5.75 Å². The van der Waals surface area contributed by atoms with Crippen LogP contribution in [0, 0.1) is 6.92 Å². The second kappa shape index (κ2) is 8.81. The predicted molar refractivity (Wildman–Crippen MR) is 128 cm³/mol. The molecule has 1 N–H and O–H groups in total. The smallest absolute Gasteiger partial charge is 0.411 e. The number of nitrogens with zero attached hydrogens (tertiary/aromatic N) is 3. The van der Waals surface area contributed by atoms with Crippen LogP contribution in [-0.4, -0.2) is 57.9 Å². The largest absolute Gasteiger partial charge is 0.497 e. The Bertz CT molecular complexity index is 1080. The number of amides is 1. The van der Waals surface area contributed by atoms with Gasteiger partial charge in [-0.3, -0.25) is 4.90 Å². The summed E-state index contributed by atoms with van der Waals surface area (Å²) in [7, 11) is 1.63. The van der Waals surface area contributed by atoms with Gasteiger partial charge in [-0.15, -0.1) is 0 Å². The summed E-state index contributed by atoms with van der Waals surface area (Å²) < 4.78 is 10.9. The monoisotopic (exact) mass is 467 g/mol. The molecule has 2 aliphatic rings. The molecule has 1 spiro atoms. The van der Waals surface area contributed by atoms with E-state index >= 15 is 0 Å². The molecule has 0 aliphatic carbocycles. The molecular formula is C26H33N3O5. The number of rotatable bonds is 4. The number of carboxylic acids is 1. The summed E-state index contributed by atoms with van der Waals surface area (Å²) in [5, 5.41) is 10.0. The Kier molecular flexibility index (Phi) is 6.18. The van der Waals surface area contributed by atoms with Gasteiger partial charge in [-0.2, -0.15) is 0 Å². The van der Waals surface area contributed by atoms with Crippen LogP contribution in [0.1, 0.15) is 50.4 Å². The first-order valence-corrected chi connectivity index (χ1v) is 11.6. The van der Waals surface area contributed by atoms with E-state index in [4.69, 9.17) is 14.5 Å². The van der Waals surface area contributed by atoms with Gasteiger partial charge in [0.05, 0.1) is 12.6 Å².